The molecular formula is C17H16FN3O2S2. The zero-order valence-electron chi connectivity index (χ0n) is 13.7. The Morgan fingerprint density at radius 3 is 2.72 bits per heavy atom. The molecule has 0 saturated carbocycles. The predicted octanol–water partition coefficient (Wildman–Crippen LogP) is 4.73. The number of anilines is 2. The van der Waals surface area contributed by atoms with Crippen LogP contribution in [0.5, 0.6) is 11.5 Å². The number of rotatable bonds is 7. The summed E-state index contributed by atoms with van der Waals surface area (Å²) in [7, 11) is 3.27. The van der Waals surface area contributed by atoms with Crippen LogP contribution in [-0.2, 0) is 5.75 Å². The molecule has 0 fully saturated rings. The molecule has 1 N–H and O–H groups in total. The summed E-state index contributed by atoms with van der Waals surface area (Å²) < 4.78 is 25.1. The molecule has 0 atom stereocenters. The minimum Gasteiger partial charge on any atom is -0.497 e. The van der Waals surface area contributed by atoms with Crippen molar-refractivity contribution in [1.82, 2.24) is 10.2 Å². The molecule has 0 aliphatic heterocycles. The summed E-state index contributed by atoms with van der Waals surface area (Å²) in [5, 5.41) is 11.7. The van der Waals surface area contributed by atoms with Crippen LogP contribution in [0.15, 0.2) is 46.8 Å². The minimum atomic E-state index is -0.326. The van der Waals surface area contributed by atoms with E-state index in [2.05, 4.69) is 15.5 Å². The van der Waals surface area contributed by atoms with Crippen molar-refractivity contribution in [3.05, 3.63) is 53.8 Å². The summed E-state index contributed by atoms with van der Waals surface area (Å²) in [5.74, 6) is 1.90. The smallest absolute Gasteiger partial charge is 0.210 e. The number of nitrogens with one attached hydrogen (secondary N) is 1. The lowest BCUT2D eigenvalue weighted by Crippen LogP contribution is -1.92. The van der Waals surface area contributed by atoms with Crippen LogP contribution in [0.3, 0.4) is 0 Å². The second-order valence-electron chi connectivity index (χ2n) is 4.94. The first-order valence-corrected chi connectivity index (χ1v) is 9.18. The summed E-state index contributed by atoms with van der Waals surface area (Å²) in [6, 6.07) is 12.1. The van der Waals surface area contributed by atoms with Crippen LogP contribution in [0.25, 0.3) is 0 Å². The summed E-state index contributed by atoms with van der Waals surface area (Å²) in [6.07, 6.45) is 0. The van der Waals surface area contributed by atoms with Gasteiger partial charge in [0.2, 0.25) is 5.13 Å². The summed E-state index contributed by atoms with van der Waals surface area (Å²) in [4.78, 5) is 0. The molecule has 0 radical (unpaired) electrons. The molecule has 0 aliphatic carbocycles. The quantitative estimate of drug-likeness (QED) is 0.601. The van der Waals surface area contributed by atoms with Gasteiger partial charge >= 0.3 is 0 Å². The Morgan fingerprint density at radius 2 is 1.96 bits per heavy atom. The van der Waals surface area contributed by atoms with Crippen molar-refractivity contribution in [2.75, 3.05) is 19.5 Å². The molecule has 0 spiro atoms. The average Bonchev–Trinajstić information content (AvgIpc) is 3.09. The molecule has 1 aromatic heterocycles. The lowest BCUT2D eigenvalue weighted by atomic mass is 10.2. The summed E-state index contributed by atoms with van der Waals surface area (Å²) in [6.45, 7) is 0. The first-order valence-electron chi connectivity index (χ1n) is 7.38. The summed E-state index contributed by atoms with van der Waals surface area (Å²) in [5.41, 5.74) is 1.38. The zero-order chi connectivity index (χ0) is 17.6. The van der Waals surface area contributed by atoms with Gasteiger partial charge < -0.3 is 14.8 Å². The fourth-order valence-electron chi connectivity index (χ4n) is 2.13. The Labute approximate surface area is 153 Å². The number of para-hydroxylation sites is 1. The molecule has 0 unspecified atom stereocenters. The Balaban J connectivity index is 1.67. The van der Waals surface area contributed by atoms with Crippen molar-refractivity contribution in [1.29, 1.82) is 0 Å². The topological polar surface area (TPSA) is 56.3 Å². The van der Waals surface area contributed by atoms with Crippen LogP contribution < -0.4 is 14.8 Å². The maximum absolute atomic E-state index is 13.7. The maximum Gasteiger partial charge on any atom is 0.210 e. The van der Waals surface area contributed by atoms with Gasteiger partial charge in [-0.3, -0.25) is 0 Å². The number of hydrogen-bond acceptors (Lipinski definition) is 7. The van der Waals surface area contributed by atoms with Gasteiger partial charge in [0.1, 0.15) is 17.3 Å². The number of benzene rings is 2. The van der Waals surface area contributed by atoms with Gasteiger partial charge in [-0.15, -0.1) is 10.2 Å². The van der Waals surface area contributed by atoms with Crippen LogP contribution in [-0.4, -0.2) is 24.4 Å². The molecule has 25 heavy (non-hydrogen) atoms. The van der Waals surface area contributed by atoms with E-state index in [1.807, 2.05) is 18.2 Å². The SMILES string of the molecule is COc1ccc(OC)c(CSc2nnc(Nc3ccccc3F)s2)c1. The molecule has 0 bridgehead atoms. The Bertz CT molecular complexity index is 857. The second-order valence-corrected chi connectivity index (χ2v) is 7.14. The number of methoxy groups -OCH3 is 2. The zero-order valence-corrected chi connectivity index (χ0v) is 15.3. The van der Waals surface area contributed by atoms with Crippen molar-refractivity contribution >= 4 is 33.9 Å². The van der Waals surface area contributed by atoms with E-state index in [1.54, 1.807) is 32.4 Å². The molecule has 0 aliphatic rings. The highest BCUT2D eigenvalue weighted by molar-refractivity contribution is 8.00. The normalized spacial score (nSPS) is 10.5. The van der Waals surface area contributed by atoms with Gasteiger partial charge in [0.05, 0.1) is 19.9 Å². The van der Waals surface area contributed by atoms with E-state index in [4.69, 9.17) is 9.47 Å². The number of halogens is 1. The van der Waals surface area contributed by atoms with Crippen LogP contribution in [0.4, 0.5) is 15.2 Å². The van der Waals surface area contributed by atoms with Gasteiger partial charge in [0.25, 0.3) is 0 Å². The summed E-state index contributed by atoms with van der Waals surface area (Å²) >= 11 is 2.90. The minimum absolute atomic E-state index is 0.326. The van der Waals surface area contributed by atoms with Gasteiger partial charge in [-0.1, -0.05) is 35.2 Å². The van der Waals surface area contributed by atoms with E-state index in [9.17, 15) is 4.39 Å². The highest BCUT2D eigenvalue weighted by Gasteiger charge is 2.10. The van der Waals surface area contributed by atoms with Crippen molar-refractivity contribution in [2.24, 2.45) is 0 Å². The number of nitrogens with zero attached hydrogens (tertiary/aromatic N) is 2. The van der Waals surface area contributed by atoms with Gasteiger partial charge in [0, 0.05) is 11.3 Å². The average molecular weight is 377 g/mol. The third-order valence-electron chi connectivity index (χ3n) is 3.36. The van der Waals surface area contributed by atoms with Crippen LogP contribution in [0, 0.1) is 5.82 Å². The molecule has 0 amide bonds. The first kappa shape index (κ1) is 17.5. The largest absolute Gasteiger partial charge is 0.497 e. The Kier molecular flexibility index (Phi) is 5.72. The van der Waals surface area contributed by atoms with Crippen LogP contribution >= 0.6 is 23.1 Å². The highest BCUT2D eigenvalue weighted by Crippen LogP contribution is 2.34. The molecule has 3 aromatic rings. The molecule has 0 saturated heterocycles. The van der Waals surface area contributed by atoms with Gasteiger partial charge in [-0.05, 0) is 30.3 Å². The van der Waals surface area contributed by atoms with Crippen molar-refractivity contribution in [3.63, 3.8) is 0 Å². The van der Waals surface area contributed by atoms with Gasteiger partial charge in [0.15, 0.2) is 4.34 Å². The Hall–Kier alpha value is -2.32. The van der Waals surface area contributed by atoms with E-state index >= 15 is 0 Å². The molecule has 5 nitrogen and oxygen atoms in total. The third kappa shape index (κ3) is 4.40. The highest BCUT2D eigenvalue weighted by atomic mass is 32.2. The molecule has 1 heterocycles. The van der Waals surface area contributed by atoms with Crippen LogP contribution in [0.1, 0.15) is 5.56 Å². The van der Waals surface area contributed by atoms with E-state index in [-0.39, 0.29) is 5.82 Å². The number of ether oxygens (including phenoxy) is 2. The molecule has 130 valence electrons. The lowest BCUT2D eigenvalue weighted by molar-refractivity contribution is 0.400. The first-order chi connectivity index (χ1) is 12.2. The fourth-order valence-corrected chi connectivity index (χ4v) is 3.87. The molecule has 8 heteroatoms. The second kappa shape index (κ2) is 8.17. The molecule has 3 rings (SSSR count). The van der Waals surface area contributed by atoms with Crippen molar-refractivity contribution < 1.29 is 13.9 Å². The third-order valence-corrected chi connectivity index (χ3v) is 5.38. The Morgan fingerprint density at radius 1 is 1.12 bits per heavy atom. The van der Waals surface area contributed by atoms with Gasteiger partial charge in [-0.25, -0.2) is 4.39 Å². The van der Waals surface area contributed by atoms with Crippen molar-refractivity contribution in [2.45, 2.75) is 10.1 Å². The molecule has 2 aromatic carbocycles. The lowest BCUT2D eigenvalue weighted by Gasteiger charge is -2.09. The van der Waals surface area contributed by atoms with Gasteiger partial charge in [-0.2, -0.15) is 0 Å². The number of hydrogen-bond donors (Lipinski definition) is 1. The van der Waals surface area contributed by atoms with E-state index in [0.29, 0.717) is 16.6 Å². The monoisotopic (exact) mass is 377 g/mol. The number of aromatic nitrogens is 2. The molecular weight excluding hydrogens is 361 g/mol. The maximum atomic E-state index is 13.7. The fraction of sp³-hybridized carbons (Fsp3) is 0.176. The standard InChI is InChI=1S/C17H16FN3O2S2/c1-22-12-7-8-15(23-2)11(9-12)10-24-17-21-20-16(25-17)19-14-6-4-3-5-13(14)18/h3-9H,10H2,1-2H3,(H,19,20). The van der Waals surface area contributed by atoms with E-state index in [1.165, 1.54) is 29.2 Å². The predicted molar refractivity (Wildman–Crippen MR) is 98.7 cm³/mol. The van der Waals surface area contributed by atoms with E-state index < -0.39 is 0 Å². The number of thioether (sulfide) groups is 1. The van der Waals surface area contributed by atoms with E-state index in [0.717, 1.165) is 21.4 Å². The van der Waals surface area contributed by atoms with Crippen molar-refractivity contribution in [3.8, 4) is 11.5 Å². The van der Waals surface area contributed by atoms with Crippen LogP contribution in [0.2, 0.25) is 0 Å².